The van der Waals surface area contributed by atoms with E-state index in [1.165, 1.54) is 11.8 Å². The van der Waals surface area contributed by atoms with Gasteiger partial charge in [-0.2, -0.15) is 0 Å². The number of likely N-dealkylation sites (N-methyl/N-ethyl adjacent to an activating group) is 1. The number of anilines is 1. The third kappa shape index (κ3) is 10.7. The van der Waals surface area contributed by atoms with Crippen molar-refractivity contribution in [3.63, 3.8) is 0 Å². The predicted octanol–water partition coefficient (Wildman–Crippen LogP) is 3.02. The molecule has 0 aliphatic rings. The van der Waals surface area contributed by atoms with Crippen LogP contribution in [0, 0.1) is 5.92 Å². The summed E-state index contributed by atoms with van der Waals surface area (Å²) >= 11 is 0. The molecule has 11 heteroatoms. The zero-order valence-corrected chi connectivity index (χ0v) is 23.3. The molecule has 1 rings (SSSR count). The molecule has 0 saturated carbocycles. The third-order valence-corrected chi connectivity index (χ3v) is 5.53. The highest BCUT2D eigenvalue weighted by molar-refractivity contribution is 5.98. The Morgan fingerprint density at radius 3 is 2.00 bits per heavy atom. The van der Waals surface area contributed by atoms with Crippen LogP contribution in [0.5, 0.6) is 0 Å². The minimum absolute atomic E-state index is 0.0204. The lowest BCUT2D eigenvalue weighted by Gasteiger charge is -2.32. The Bertz CT molecular complexity index is 939. The van der Waals surface area contributed by atoms with Crippen LogP contribution in [0.1, 0.15) is 61.0 Å². The molecule has 0 heterocycles. The van der Waals surface area contributed by atoms with Crippen LogP contribution < -0.4 is 16.0 Å². The van der Waals surface area contributed by atoms with Crippen LogP contribution in [0.3, 0.4) is 0 Å². The number of carbonyl (C=O) groups is 4. The molecule has 4 N–H and O–H groups in total. The maximum absolute atomic E-state index is 12.7. The Balaban J connectivity index is 2.65. The summed E-state index contributed by atoms with van der Waals surface area (Å²) in [6, 6.07) is 4.94. The average molecular weight is 523 g/mol. The van der Waals surface area contributed by atoms with Gasteiger partial charge in [0, 0.05) is 12.7 Å². The zero-order chi connectivity index (χ0) is 28.6. The molecular weight excluding hydrogens is 480 g/mol. The number of nitrogens with zero attached hydrogens (tertiary/aromatic N) is 1. The maximum atomic E-state index is 12.7. The van der Waals surface area contributed by atoms with Crippen LogP contribution in [-0.2, 0) is 25.7 Å². The van der Waals surface area contributed by atoms with Crippen LogP contribution in [0.2, 0.25) is 0 Å². The van der Waals surface area contributed by atoms with E-state index in [1.54, 1.807) is 79.8 Å². The van der Waals surface area contributed by atoms with Gasteiger partial charge < -0.3 is 35.4 Å². The van der Waals surface area contributed by atoms with E-state index in [4.69, 9.17) is 9.47 Å². The molecule has 0 unspecified atom stereocenters. The quantitative estimate of drug-likeness (QED) is 0.369. The molecule has 1 aromatic rings. The largest absolute Gasteiger partial charge is 0.445 e. The van der Waals surface area contributed by atoms with E-state index in [0.717, 1.165) is 0 Å². The van der Waals surface area contributed by atoms with Crippen LogP contribution in [-0.4, -0.2) is 70.9 Å². The Kier molecular flexibility index (Phi) is 11.4. The van der Waals surface area contributed by atoms with Gasteiger partial charge in [0.2, 0.25) is 11.8 Å². The Morgan fingerprint density at radius 2 is 1.51 bits per heavy atom. The third-order valence-electron chi connectivity index (χ3n) is 5.53. The number of aliphatic hydroxyl groups excluding tert-OH is 1. The molecule has 1 aromatic carbocycles. The van der Waals surface area contributed by atoms with Gasteiger partial charge in [0.25, 0.3) is 0 Å². The van der Waals surface area contributed by atoms with Crippen molar-refractivity contribution in [2.75, 3.05) is 19.0 Å². The summed E-state index contributed by atoms with van der Waals surface area (Å²) in [5.41, 5.74) is -0.263. The highest BCUT2D eigenvalue weighted by Crippen LogP contribution is 2.15. The topological polar surface area (TPSA) is 146 Å². The lowest BCUT2D eigenvalue weighted by Crippen LogP contribution is -2.54. The van der Waals surface area contributed by atoms with Gasteiger partial charge in [0.15, 0.2) is 0 Å². The minimum Gasteiger partial charge on any atom is -0.445 e. The fraction of sp³-hybridized carbons (Fsp3) is 0.615. The van der Waals surface area contributed by atoms with Crippen molar-refractivity contribution in [3.05, 3.63) is 29.8 Å². The number of nitrogens with one attached hydrogen (secondary N) is 3. The molecule has 0 spiro atoms. The summed E-state index contributed by atoms with van der Waals surface area (Å²) in [6.07, 6.45) is -1.28. The molecule has 0 radical (unpaired) electrons. The summed E-state index contributed by atoms with van der Waals surface area (Å²) in [4.78, 5) is 51.0. The molecule has 0 aromatic heterocycles. The number of amides is 4. The fourth-order valence-corrected chi connectivity index (χ4v) is 2.87. The number of aliphatic hydroxyl groups is 1. The van der Waals surface area contributed by atoms with Crippen molar-refractivity contribution < 1.29 is 33.8 Å². The van der Waals surface area contributed by atoms with Gasteiger partial charge in [-0.3, -0.25) is 9.59 Å². The highest BCUT2D eigenvalue weighted by Gasteiger charge is 2.29. The molecule has 4 amide bonds. The van der Waals surface area contributed by atoms with Crippen LogP contribution in [0.15, 0.2) is 24.3 Å². The fourth-order valence-electron chi connectivity index (χ4n) is 2.87. The minimum atomic E-state index is -0.880. The first-order valence-electron chi connectivity index (χ1n) is 12.2. The lowest BCUT2D eigenvalue weighted by molar-refractivity contribution is -0.128. The first kappa shape index (κ1) is 31.7. The summed E-state index contributed by atoms with van der Waals surface area (Å²) in [5, 5.41) is 17.3. The van der Waals surface area contributed by atoms with Gasteiger partial charge in [-0.1, -0.05) is 26.0 Å². The van der Waals surface area contributed by atoms with Gasteiger partial charge in [0.05, 0.1) is 12.1 Å². The number of hydrogen-bond acceptors (Lipinski definition) is 7. The van der Waals surface area contributed by atoms with Gasteiger partial charge >= 0.3 is 12.2 Å². The van der Waals surface area contributed by atoms with Crippen molar-refractivity contribution in [2.45, 2.75) is 85.2 Å². The highest BCUT2D eigenvalue weighted by atomic mass is 16.6. The van der Waals surface area contributed by atoms with E-state index in [0.29, 0.717) is 11.3 Å². The molecule has 0 fully saturated rings. The van der Waals surface area contributed by atoms with Crippen molar-refractivity contribution in [1.82, 2.24) is 15.5 Å². The van der Waals surface area contributed by atoms with E-state index in [9.17, 15) is 24.3 Å². The summed E-state index contributed by atoms with van der Waals surface area (Å²) in [6.45, 7) is 13.5. The van der Waals surface area contributed by atoms with Crippen molar-refractivity contribution in [3.8, 4) is 0 Å². The monoisotopic (exact) mass is 522 g/mol. The smallest absolute Gasteiger partial charge is 0.410 e. The SMILES string of the molecule is CC(C)[C@H](NC(=O)OC(C)(C)C)C(=O)N[C@@H](C)C(=O)Nc1ccc(COC(=O)N(C)C(C)(C)CO)cc1. The maximum Gasteiger partial charge on any atom is 0.410 e. The second kappa shape index (κ2) is 13.3. The zero-order valence-electron chi connectivity index (χ0n) is 23.3. The van der Waals surface area contributed by atoms with Crippen LogP contribution in [0.25, 0.3) is 0 Å². The van der Waals surface area contributed by atoms with Crippen LogP contribution in [0.4, 0.5) is 15.3 Å². The molecule has 0 aliphatic carbocycles. The van der Waals surface area contributed by atoms with E-state index in [-0.39, 0.29) is 19.1 Å². The molecular formula is C26H42N4O7. The molecule has 0 saturated heterocycles. The van der Waals surface area contributed by atoms with E-state index in [2.05, 4.69) is 16.0 Å². The van der Waals surface area contributed by atoms with Crippen molar-refractivity contribution in [2.24, 2.45) is 5.92 Å². The standard InChI is InChI=1S/C26H42N4O7/c1-16(2)20(29-23(34)37-25(4,5)6)22(33)27-17(3)21(32)28-19-12-10-18(11-13-19)14-36-24(35)30(9)26(7,8)15-31/h10-13,16-17,20,31H,14-15H2,1-9H3,(H,27,33)(H,28,32)(H,29,34)/t17-,20-/m0/s1. The van der Waals surface area contributed by atoms with Crippen LogP contribution >= 0.6 is 0 Å². The lowest BCUT2D eigenvalue weighted by atomic mass is 10.0. The van der Waals surface area contributed by atoms with E-state index in [1.807, 2.05) is 0 Å². The van der Waals surface area contributed by atoms with Crippen molar-refractivity contribution in [1.29, 1.82) is 0 Å². The molecule has 2 atom stereocenters. The van der Waals surface area contributed by atoms with Gasteiger partial charge in [-0.25, -0.2) is 9.59 Å². The average Bonchev–Trinajstić information content (AvgIpc) is 2.79. The first-order valence-corrected chi connectivity index (χ1v) is 12.2. The molecule has 11 nitrogen and oxygen atoms in total. The Morgan fingerprint density at radius 1 is 0.946 bits per heavy atom. The first-order chi connectivity index (χ1) is 17.0. The molecule has 0 aliphatic heterocycles. The second-order valence-corrected chi connectivity index (χ2v) is 10.9. The number of benzene rings is 1. The van der Waals surface area contributed by atoms with Gasteiger partial charge in [-0.15, -0.1) is 0 Å². The number of carbonyl (C=O) groups excluding carboxylic acids is 4. The predicted molar refractivity (Wildman–Crippen MR) is 140 cm³/mol. The number of rotatable bonds is 10. The number of alkyl carbamates (subject to hydrolysis) is 1. The normalized spacial score (nSPS) is 13.3. The second-order valence-electron chi connectivity index (χ2n) is 10.9. The van der Waals surface area contributed by atoms with Gasteiger partial charge in [-0.05, 0) is 65.2 Å². The van der Waals surface area contributed by atoms with E-state index < -0.39 is 47.2 Å². The molecule has 0 bridgehead atoms. The van der Waals surface area contributed by atoms with E-state index >= 15 is 0 Å². The molecule has 37 heavy (non-hydrogen) atoms. The van der Waals surface area contributed by atoms with Gasteiger partial charge in [0.1, 0.15) is 24.3 Å². The summed E-state index contributed by atoms with van der Waals surface area (Å²) in [5.74, 6) is -1.19. The number of ether oxygens (including phenoxy) is 2. The molecule has 208 valence electrons. The Hall–Kier alpha value is -3.34. The van der Waals surface area contributed by atoms with Crippen molar-refractivity contribution >= 4 is 29.7 Å². The summed E-state index contributed by atoms with van der Waals surface area (Å²) < 4.78 is 10.5. The Labute approximate surface area is 219 Å². The summed E-state index contributed by atoms with van der Waals surface area (Å²) in [7, 11) is 1.55. The number of hydrogen-bond donors (Lipinski definition) is 4.